The summed E-state index contributed by atoms with van der Waals surface area (Å²) in [7, 11) is 1.62. The summed E-state index contributed by atoms with van der Waals surface area (Å²) in [4.78, 5) is 23.2. The molecule has 0 radical (unpaired) electrons. The van der Waals surface area contributed by atoms with Crippen LogP contribution in [0.3, 0.4) is 0 Å². The lowest BCUT2D eigenvalue weighted by atomic mass is 10.1. The highest BCUT2D eigenvalue weighted by Crippen LogP contribution is 2.21. The number of rotatable bonds is 5. The van der Waals surface area contributed by atoms with E-state index in [0.29, 0.717) is 24.4 Å². The van der Waals surface area contributed by atoms with Crippen LogP contribution in [0, 0.1) is 0 Å². The normalized spacial score (nSPS) is 16.9. The van der Waals surface area contributed by atoms with Crippen molar-refractivity contribution in [3.05, 3.63) is 34.8 Å². The van der Waals surface area contributed by atoms with Crippen LogP contribution in [0.5, 0.6) is 5.75 Å². The molecule has 0 bridgehead atoms. The Bertz CT molecular complexity index is 731. The smallest absolute Gasteiger partial charge is 0.248 e. The maximum Gasteiger partial charge on any atom is 0.248 e. The minimum atomic E-state index is -0.478. The first-order valence-corrected chi connectivity index (χ1v) is 8.01. The highest BCUT2D eigenvalue weighted by atomic mass is 32.1. The fraction of sp³-hybridized carbons (Fsp3) is 0.333. The van der Waals surface area contributed by atoms with E-state index in [1.807, 2.05) is 24.3 Å². The van der Waals surface area contributed by atoms with E-state index < -0.39 is 6.04 Å². The second-order valence-electron chi connectivity index (χ2n) is 5.18. The van der Waals surface area contributed by atoms with Gasteiger partial charge in [-0.15, -0.1) is 10.2 Å². The molecule has 2 heterocycles. The summed E-state index contributed by atoms with van der Waals surface area (Å²) in [6, 6.07) is 7.24. The third-order valence-electron chi connectivity index (χ3n) is 3.50. The number of hydrogen-bond donors (Lipinski definition) is 2. The maximum atomic E-state index is 12.0. The van der Waals surface area contributed by atoms with Crippen LogP contribution < -0.4 is 15.4 Å². The molecular formula is C15H16N4O3S. The summed E-state index contributed by atoms with van der Waals surface area (Å²) in [5.74, 6) is 0.443. The molecule has 0 spiro atoms. The second kappa shape index (κ2) is 6.74. The molecule has 1 aliphatic heterocycles. The predicted octanol–water partition coefficient (Wildman–Crippen LogP) is 1.35. The van der Waals surface area contributed by atoms with Crippen LogP contribution in [0.15, 0.2) is 24.3 Å². The van der Waals surface area contributed by atoms with E-state index in [9.17, 15) is 9.59 Å². The van der Waals surface area contributed by atoms with E-state index in [4.69, 9.17) is 4.74 Å². The molecule has 23 heavy (non-hydrogen) atoms. The van der Waals surface area contributed by atoms with Crippen molar-refractivity contribution < 1.29 is 14.3 Å². The quantitative estimate of drug-likeness (QED) is 0.862. The third-order valence-corrected chi connectivity index (χ3v) is 4.34. The SMILES string of the molecule is COc1cccc(Cc2nnc(NC(=O)[C@H]3CCC(=O)N3)s2)c1. The fourth-order valence-corrected chi connectivity index (χ4v) is 3.11. The van der Waals surface area contributed by atoms with Gasteiger partial charge in [-0.2, -0.15) is 0 Å². The lowest BCUT2D eigenvalue weighted by molar-refractivity contribution is -0.122. The van der Waals surface area contributed by atoms with Gasteiger partial charge < -0.3 is 10.1 Å². The summed E-state index contributed by atoms with van der Waals surface area (Å²) in [5.41, 5.74) is 1.06. The molecule has 1 saturated heterocycles. The number of benzene rings is 1. The maximum absolute atomic E-state index is 12.0. The van der Waals surface area contributed by atoms with E-state index in [-0.39, 0.29) is 11.8 Å². The average Bonchev–Trinajstić information content (AvgIpc) is 3.16. The Morgan fingerprint density at radius 2 is 2.35 bits per heavy atom. The molecule has 0 unspecified atom stereocenters. The minimum absolute atomic E-state index is 0.0962. The molecule has 1 aromatic heterocycles. The van der Waals surface area contributed by atoms with Crippen LogP contribution in [0.1, 0.15) is 23.4 Å². The summed E-state index contributed by atoms with van der Waals surface area (Å²) < 4.78 is 5.19. The van der Waals surface area contributed by atoms with Crippen molar-refractivity contribution in [2.75, 3.05) is 12.4 Å². The standard InChI is InChI=1S/C15H16N4O3S/c1-22-10-4-2-3-9(7-10)8-13-18-19-15(23-13)17-14(21)11-5-6-12(20)16-11/h2-4,7,11H,5-6,8H2,1H3,(H,16,20)(H,17,19,21)/t11-/m1/s1. The van der Waals surface area contributed by atoms with Crippen LogP contribution >= 0.6 is 11.3 Å². The van der Waals surface area contributed by atoms with Crippen LogP contribution in [0.25, 0.3) is 0 Å². The first-order valence-electron chi connectivity index (χ1n) is 7.19. The highest BCUT2D eigenvalue weighted by Gasteiger charge is 2.27. The first-order chi connectivity index (χ1) is 11.1. The first kappa shape index (κ1) is 15.4. The Balaban J connectivity index is 1.61. The lowest BCUT2D eigenvalue weighted by Gasteiger charge is -2.07. The van der Waals surface area contributed by atoms with Crippen molar-refractivity contribution in [3.63, 3.8) is 0 Å². The molecule has 1 atom stereocenters. The molecule has 1 aliphatic rings. The molecular weight excluding hydrogens is 316 g/mol. The predicted molar refractivity (Wildman–Crippen MR) is 85.5 cm³/mol. The van der Waals surface area contributed by atoms with Crippen molar-refractivity contribution in [3.8, 4) is 5.75 Å². The van der Waals surface area contributed by atoms with Gasteiger partial charge in [-0.1, -0.05) is 23.5 Å². The molecule has 1 fully saturated rings. The van der Waals surface area contributed by atoms with Crippen LogP contribution in [-0.4, -0.2) is 35.2 Å². The Morgan fingerprint density at radius 3 is 3.09 bits per heavy atom. The average molecular weight is 332 g/mol. The Hall–Kier alpha value is -2.48. The summed E-state index contributed by atoms with van der Waals surface area (Å²) in [6.07, 6.45) is 1.51. The molecule has 2 amide bonds. The van der Waals surface area contributed by atoms with Crippen LogP contribution in [0.4, 0.5) is 5.13 Å². The van der Waals surface area contributed by atoms with E-state index in [2.05, 4.69) is 20.8 Å². The van der Waals surface area contributed by atoms with Crippen LogP contribution in [0.2, 0.25) is 0 Å². The second-order valence-corrected chi connectivity index (χ2v) is 6.24. The molecule has 0 aliphatic carbocycles. The summed E-state index contributed by atoms with van der Waals surface area (Å²) >= 11 is 1.32. The molecule has 2 N–H and O–H groups in total. The number of methoxy groups -OCH3 is 1. The van der Waals surface area contributed by atoms with Crippen LogP contribution in [-0.2, 0) is 16.0 Å². The van der Waals surface area contributed by atoms with Gasteiger partial charge in [0.15, 0.2) is 0 Å². The molecule has 120 valence electrons. The minimum Gasteiger partial charge on any atom is -0.497 e. The van der Waals surface area contributed by atoms with E-state index in [1.54, 1.807) is 7.11 Å². The largest absolute Gasteiger partial charge is 0.497 e. The van der Waals surface area contributed by atoms with Gasteiger partial charge in [0.25, 0.3) is 0 Å². The molecule has 8 heteroatoms. The summed E-state index contributed by atoms with van der Waals surface area (Å²) in [5, 5.41) is 14.6. The zero-order valence-electron chi connectivity index (χ0n) is 12.5. The number of anilines is 1. The Morgan fingerprint density at radius 1 is 1.48 bits per heavy atom. The van der Waals surface area contributed by atoms with Crippen molar-refractivity contribution in [1.82, 2.24) is 15.5 Å². The van der Waals surface area contributed by atoms with Crippen molar-refractivity contribution in [2.24, 2.45) is 0 Å². The van der Waals surface area contributed by atoms with Gasteiger partial charge in [-0.3, -0.25) is 14.9 Å². The number of carbonyl (C=O) groups is 2. The Kier molecular flexibility index (Phi) is 4.52. The number of nitrogens with one attached hydrogen (secondary N) is 2. The molecule has 3 rings (SSSR count). The van der Waals surface area contributed by atoms with Gasteiger partial charge in [0.1, 0.15) is 16.8 Å². The molecule has 2 aromatic rings. The highest BCUT2D eigenvalue weighted by molar-refractivity contribution is 7.15. The van der Waals surface area contributed by atoms with Gasteiger partial charge in [-0.25, -0.2) is 0 Å². The summed E-state index contributed by atoms with van der Waals surface area (Å²) in [6.45, 7) is 0. The topological polar surface area (TPSA) is 93.2 Å². The number of nitrogens with zero attached hydrogens (tertiary/aromatic N) is 2. The van der Waals surface area contributed by atoms with E-state index in [0.717, 1.165) is 16.3 Å². The molecule has 7 nitrogen and oxygen atoms in total. The zero-order chi connectivity index (χ0) is 16.2. The van der Waals surface area contributed by atoms with Crippen molar-refractivity contribution in [1.29, 1.82) is 0 Å². The van der Waals surface area contributed by atoms with E-state index in [1.165, 1.54) is 11.3 Å². The molecule has 0 saturated carbocycles. The van der Waals surface area contributed by atoms with Crippen molar-refractivity contribution >= 4 is 28.3 Å². The van der Waals surface area contributed by atoms with Gasteiger partial charge in [0, 0.05) is 12.8 Å². The number of ether oxygens (including phenoxy) is 1. The van der Waals surface area contributed by atoms with Gasteiger partial charge >= 0.3 is 0 Å². The Labute approximate surface area is 137 Å². The molecule has 1 aromatic carbocycles. The van der Waals surface area contributed by atoms with E-state index >= 15 is 0 Å². The monoisotopic (exact) mass is 332 g/mol. The number of amides is 2. The number of carbonyl (C=O) groups excluding carboxylic acids is 2. The van der Waals surface area contributed by atoms with Gasteiger partial charge in [-0.05, 0) is 24.1 Å². The van der Waals surface area contributed by atoms with Gasteiger partial charge in [0.05, 0.1) is 7.11 Å². The number of aromatic nitrogens is 2. The lowest BCUT2D eigenvalue weighted by Crippen LogP contribution is -2.37. The zero-order valence-corrected chi connectivity index (χ0v) is 13.4. The number of hydrogen-bond acceptors (Lipinski definition) is 6. The fourth-order valence-electron chi connectivity index (χ4n) is 2.34. The third kappa shape index (κ3) is 3.84. The van der Waals surface area contributed by atoms with Gasteiger partial charge in [0.2, 0.25) is 16.9 Å². The van der Waals surface area contributed by atoms with Crippen molar-refractivity contribution in [2.45, 2.75) is 25.3 Å².